The predicted octanol–water partition coefficient (Wildman–Crippen LogP) is 3.14. The van der Waals surface area contributed by atoms with Crippen molar-refractivity contribution in [1.29, 1.82) is 0 Å². The summed E-state index contributed by atoms with van der Waals surface area (Å²) in [6, 6.07) is 15.0. The van der Waals surface area contributed by atoms with Crippen molar-refractivity contribution < 1.29 is 13.2 Å². The molecule has 0 aliphatic carbocycles. The molecule has 24 heavy (non-hydrogen) atoms. The highest BCUT2D eigenvalue weighted by molar-refractivity contribution is 7.91. The summed E-state index contributed by atoms with van der Waals surface area (Å²) in [6.07, 6.45) is 0.493. The largest absolute Gasteiger partial charge is 0.473 e. The van der Waals surface area contributed by atoms with Crippen LogP contribution in [0, 0.1) is 0 Å². The summed E-state index contributed by atoms with van der Waals surface area (Å²) >= 11 is 1.24. The Labute approximate surface area is 144 Å². The van der Waals surface area contributed by atoms with Crippen LogP contribution in [0.5, 0.6) is 5.88 Å². The van der Waals surface area contributed by atoms with E-state index in [-0.39, 0.29) is 6.10 Å². The van der Waals surface area contributed by atoms with Gasteiger partial charge in [0.25, 0.3) is 10.0 Å². The molecular formula is C17H16N2O3S2. The number of fused-ring (bicyclic) bond motifs is 1. The summed E-state index contributed by atoms with van der Waals surface area (Å²) in [5.41, 5.74) is 0.871. The first-order valence-electron chi connectivity index (χ1n) is 7.69. The summed E-state index contributed by atoms with van der Waals surface area (Å²) in [5.74, 6) is 0.536. The molecule has 0 spiro atoms. The number of nitrogens with zero attached hydrogens (tertiary/aromatic N) is 2. The van der Waals surface area contributed by atoms with Crippen molar-refractivity contribution in [1.82, 2.24) is 9.29 Å². The first kappa shape index (κ1) is 15.6. The van der Waals surface area contributed by atoms with Gasteiger partial charge in [0.1, 0.15) is 10.3 Å². The molecule has 1 aromatic carbocycles. The van der Waals surface area contributed by atoms with Gasteiger partial charge in [-0.3, -0.25) is 0 Å². The fourth-order valence-electron chi connectivity index (χ4n) is 2.83. The maximum Gasteiger partial charge on any atom is 0.252 e. The van der Waals surface area contributed by atoms with Gasteiger partial charge in [0, 0.05) is 18.0 Å². The van der Waals surface area contributed by atoms with Gasteiger partial charge in [0.05, 0.1) is 12.1 Å². The van der Waals surface area contributed by atoms with Crippen LogP contribution in [0.15, 0.2) is 58.1 Å². The zero-order chi connectivity index (χ0) is 16.6. The van der Waals surface area contributed by atoms with Crippen LogP contribution >= 0.6 is 11.3 Å². The summed E-state index contributed by atoms with van der Waals surface area (Å²) in [4.78, 5) is 4.49. The molecule has 0 bridgehead atoms. The van der Waals surface area contributed by atoms with Crippen molar-refractivity contribution in [3.8, 4) is 5.88 Å². The number of pyridine rings is 1. The van der Waals surface area contributed by atoms with E-state index in [4.69, 9.17) is 4.74 Å². The van der Waals surface area contributed by atoms with E-state index >= 15 is 0 Å². The van der Waals surface area contributed by atoms with Gasteiger partial charge in [0.15, 0.2) is 0 Å². The zero-order valence-corrected chi connectivity index (χ0v) is 14.5. The lowest BCUT2D eigenvalue weighted by Gasteiger charge is -2.16. The zero-order valence-electron chi connectivity index (χ0n) is 12.8. The van der Waals surface area contributed by atoms with Crippen LogP contribution < -0.4 is 4.74 Å². The van der Waals surface area contributed by atoms with Crippen molar-refractivity contribution in [3.63, 3.8) is 0 Å². The molecule has 0 radical (unpaired) electrons. The molecule has 5 nitrogen and oxygen atoms in total. The second-order valence-electron chi connectivity index (χ2n) is 5.67. The Bertz CT molecular complexity index is 955. The molecule has 0 N–H and O–H groups in total. The van der Waals surface area contributed by atoms with Crippen LogP contribution in [0.2, 0.25) is 0 Å². The highest BCUT2D eigenvalue weighted by atomic mass is 32.2. The molecule has 2 aromatic heterocycles. The van der Waals surface area contributed by atoms with Crippen LogP contribution in [-0.2, 0) is 10.0 Å². The first-order chi connectivity index (χ1) is 11.6. The Balaban J connectivity index is 1.48. The van der Waals surface area contributed by atoms with E-state index in [0.29, 0.717) is 29.6 Å². The predicted molar refractivity (Wildman–Crippen MR) is 93.9 cm³/mol. The molecule has 0 unspecified atom stereocenters. The molecule has 3 aromatic rings. The van der Waals surface area contributed by atoms with E-state index in [1.165, 1.54) is 15.6 Å². The Hall–Kier alpha value is -1.96. The lowest BCUT2D eigenvalue weighted by Crippen LogP contribution is -2.30. The number of para-hydroxylation sites is 1. The first-order valence-corrected chi connectivity index (χ1v) is 10.0. The molecule has 0 saturated carbocycles. The number of ether oxygens (including phenoxy) is 1. The summed E-state index contributed by atoms with van der Waals surface area (Å²) < 4.78 is 32.9. The van der Waals surface area contributed by atoms with Gasteiger partial charge in [-0.2, -0.15) is 4.31 Å². The smallest absolute Gasteiger partial charge is 0.252 e. The summed E-state index contributed by atoms with van der Waals surface area (Å²) in [7, 11) is -3.40. The Kier molecular flexibility index (Phi) is 3.99. The van der Waals surface area contributed by atoms with Crippen molar-refractivity contribution in [2.24, 2.45) is 0 Å². The van der Waals surface area contributed by atoms with E-state index in [1.807, 2.05) is 36.4 Å². The quantitative estimate of drug-likeness (QED) is 0.717. The molecule has 1 atom stereocenters. The molecular weight excluding hydrogens is 344 g/mol. The topological polar surface area (TPSA) is 59.5 Å². The van der Waals surface area contributed by atoms with Crippen molar-refractivity contribution in [2.75, 3.05) is 13.1 Å². The summed E-state index contributed by atoms with van der Waals surface area (Å²) in [5, 5.41) is 2.83. The number of thiophene rings is 1. The van der Waals surface area contributed by atoms with Gasteiger partial charge in [-0.05, 0) is 30.0 Å². The van der Waals surface area contributed by atoms with Crippen molar-refractivity contribution in [3.05, 3.63) is 53.9 Å². The number of rotatable bonds is 4. The average Bonchev–Trinajstić information content (AvgIpc) is 3.27. The van der Waals surface area contributed by atoms with Crippen LogP contribution in [0.3, 0.4) is 0 Å². The highest BCUT2D eigenvalue weighted by Gasteiger charge is 2.34. The Morgan fingerprint density at radius 2 is 2.00 bits per heavy atom. The maximum absolute atomic E-state index is 12.5. The minimum Gasteiger partial charge on any atom is -0.473 e. The van der Waals surface area contributed by atoms with Crippen LogP contribution in [0.25, 0.3) is 10.9 Å². The van der Waals surface area contributed by atoms with Crippen molar-refractivity contribution in [2.45, 2.75) is 16.7 Å². The SMILES string of the molecule is O=S(=O)(c1cccs1)N1CC[C@H](Oc2ccc3ccccc3n2)C1. The fraction of sp³-hybridized carbons (Fsp3) is 0.235. The van der Waals surface area contributed by atoms with Crippen LogP contribution in [0.1, 0.15) is 6.42 Å². The lowest BCUT2D eigenvalue weighted by molar-refractivity contribution is 0.207. The average molecular weight is 360 g/mol. The third-order valence-corrected chi connectivity index (χ3v) is 7.30. The number of hydrogen-bond acceptors (Lipinski definition) is 5. The molecule has 124 valence electrons. The molecule has 1 aliphatic rings. The summed E-state index contributed by atoms with van der Waals surface area (Å²) in [6.45, 7) is 0.827. The molecule has 3 heterocycles. The second-order valence-corrected chi connectivity index (χ2v) is 8.78. The van der Waals surface area contributed by atoms with E-state index in [9.17, 15) is 8.42 Å². The van der Waals surface area contributed by atoms with E-state index in [0.717, 1.165) is 10.9 Å². The van der Waals surface area contributed by atoms with Gasteiger partial charge < -0.3 is 4.74 Å². The lowest BCUT2D eigenvalue weighted by atomic mass is 10.2. The van der Waals surface area contributed by atoms with Crippen LogP contribution in [-0.4, -0.2) is 36.9 Å². The van der Waals surface area contributed by atoms with Crippen molar-refractivity contribution >= 4 is 32.3 Å². The maximum atomic E-state index is 12.5. The molecule has 1 saturated heterocycles. The molecule has 7 heteroatoms. The van der Waals surface area contributed by atoms with Crippen LogP contribution in [0.4, 0.5) is 0 Å². The highest BCUT2D eigenvalue weighted by Crippen LogP contribution is 2.26. The minimum atomic E-state index is -3.40. The second kappa shape index (κ2) is 6.16. The number of aromatic nitrogens is 1. The van der Waals surface area contributed by atoms with Gasteiger partial charge in [-0.1, -0.05) is 24.3 Å². The third kappa shape index (κ3) is 2.90. The molecule has 1 aliphatic heterocycles. The van der Waals surface area contributed by atoms with E-state index in [1.54, 1.807) is 17.5 Å². The monoisotopic (exact) mass is 360 g/mol. The fourth-order valence-corrected chi connectivity index (χ4v) is 5.46. The molecule has 4 rings (SSSR count). The van der Waals surface area contributed by atoms with Gasteiger partial charge in [0.2, 0.25) is 5.88 Å². The van der Waals surface area contributed by atoms with Gasteiger partial charge in [-0.25, -0.2) is 13.4 Å². The number of sulfonamides is 1. The number of benzene rings is 1. The Morgan fingerprint density at radius 1 is 1.12 bits per heavy atom. The standard InChI is InChI=1S/C17H16N2O3S2/c20-24(21,17-6-3-11-23-17)19-10-9-14(12-19)22-16-8-7-13-4-1-2-5-15(13)18-16/h1-8,11,14H,9-10,12H2/t14-/m0/s1. The van der Waals surface area contributed by atoms with Gasteiger partial charge >= 0.3 is 0 Å². The molecule has 1 fully saturated rings. The van der Waals surface area contributed by atoms with E-state index in [2.05, 4.69) is 4.98 Å². The van der Waals surface area contributed by atoms with Gasteiger partial charge in [-0.15, -0.1) is 11.3 Å². The molecule has 0 amide bonds. The Morgan fingerprint density at radius 3 is 2.83 bits per heavy atom. The minimum absolute atomic E-state index is 0.173. The number of hydrogen-bond donors (Lipinski definition) is 0. The third-order valence-electron chi connectivity index (χ3n) is 4.06. The normalized spacial score (nSPS) is 18.9. The van der Waals surface area contributed by atoms with E-state index < -0.39 is 10.0 Å².